The van der Waals surface area contributed by atoms with E-state index >= 15 is 0 Å². The number of aryl methyl sites for hydroxylation is 2. The molecule has 2 aromatic carbocycles. The third-order valence-corrected chi connectivity index (χ3v) is 4.44. The zero-order valence-electron chi connectivity index (χ0n) is 16.0. The summed E-state index contributed by atoms with van der Waals surface area (Å²) in [5.41, 5.74) is 3.33. The Hall–Kier alpha value is -3.25. The number of aliphatic hydroxyl groups is 1. The Morgan fingerprint density at radius 2 is 1.93 bits per heavy atom. The van der Waals surface area contributed by atoms with Crippen LogP contribution >= 0.6 is 0 Å². The fraction of sp³-hybridized carbons (Fsp3) is 0.227. The molecule has 0 saturated carbocycles. The highest BCUT2D eigenvalue weighted by Gasteiger charge is 2.12. The van der Waals surface area contributed by atoms with Gasteiger partial charge in [0.05, 0.1) is 6.10 Å². The first kappa shape index (κ1) is 19.5. The standard InChI is InChI=1S/C22H24N4O2/c1-15-6-3-4-9-19(15)20(27)14-25-22(28)18-8-5-7-17(12-18)13-24-21-10-11-23-16(2)26-21/h3-12,20,27H,13-14H2,1-2H3,(H,25,28)(H,23,24,26). The molecule has 3 aromatic rings. The molecule has 1 heterocycles. The number of nitrogens with zero attached hydrogens (tertiary/aromatic N) is 2. The number of hydrogen-bond acceptors (Lipinski definition) is 5. The zero-order chi connectivity index (χ0) is 19.9. The van der Waals surface area contributed by atoms with E-state index in [1.807, 2.05) is 56.3 Å². The lowest BCUT2D eigenvalue weighted by molar-refractivity contribution is 0.0916. The number of benzene rings is 2. The summed E-state index contributed by atoms with van der Waals surface area (Å²) >= 11 is 0. The predicted molar refractivity (Wildman–Crippen MR) is 109 cm³/mol. The van der Waals surface area contributed by atoms with Crippen LogP contribution in [0.2, 0.25) is 0 Å². The molecule has 0 fully saturated rings. The number of rotatable bonds is 7. The molecule has 6 nitrogen and oxygen atoms in total. The summed E-state index contributed by atoms with van der Waals surface area (Å²) in [5, 5.41) is 16.4. The van der Waals surface area contributed by atoms with Gasteiger partial charge in [0.15, 0.2) is 0 Å². The Balaban J connectivity index is 1.58. The van der Waals surface area contributed by atoms with Crippen LogP contribution in [0.3, 0.4) is 0 Å². The van der Waals surface area contributed by atoms with Crippen LogP contribution in [0, 0.1) is 13.8 Å². The van der Waals surface area contributed by atoms with E-state index in [0.29, 0.717) is 17.9 Å². The minimum absolute atomic E-state index is 0.159. The Kier molecular flexibility index (Phi) is 6.34. The quantitative estimate of drug-likeness (QED) is 0.590. The predicted octanol–water partition coefficient (Wildman–Crippen LogP) is 3.17. The second-order valence-electron chi connectivity index (χ2n) is 6.63. The molecule has 0 saturated heterocycles. The fourth-order valence-electron chi connectivity index (χ4n) is 2.93. The summed E-state index contributed by atoms with van der Waals surface area (Å²) in [5.74, 6) is 1.22. The van der Waals surface area contributed by atoms with Crippen LogP contribution in [0.4, 0.5) is 5.82 Å². The number of aliphatic hydroxyl groups excluding tert-OH is 1. The zero-order valence-corrected chi connectivity index (χ0v) is 16.0. The number of anilines is 1. The van der Waals surface area contributed by atoms with Crippen molar-refractivity contribution in [1.29, 1.82) is 0 Å². The third-order valence-electron chi connectivity index (χ3n) is 4.44. The molecule has 144 valence electrons. The largest absolute Gasteiger partial charge is 0.387 e. The minimum atomic E-state index is -0.740. The maximum absolute atomic E-state index is 12.5. The van der Waals surface area contributed by atoms with E-state index in [9.17, 15) is 9.90 Å². The number of aromatic nitrogens is 2. The molecule has 0 bridgehead atoms. The molecule has 1 atom stereocenters. The van der Waals surface area contributed by atoms with E-state index in [2.05, 4.69) is 20.6 Å². The Morgan fingerprint density at radius 1 is 1.11 bits per heavy atom. The summed E-state index contributed by atoms with van der Waals surface area (Å²) in [6, 6.07) is 16.8. The van der Waals surface area contributed by atoms with Gasteiger partial charge in [-0.3, -0.25) is 4.79 Å². The van der Waals surface area contributed by atoms with Crippen LogP contribution in [0.5, 0.6) is 0 Å². The van der Waals surface area contributed by atoms with Gasteiger partial charge in [0.2, 0.25) is 0 Å². The molecular formula is C22H24N4O2. The van der Waals surface area contributed by atoms with Crippen molar-refractivity contribution in [3.63, 3.8) is 0 Å². The molecule has 3 N–H and O–H groups in total. The van der Waals surface area contributed by atoms with Crippen molar-refractivity contribution in [3.8, 4) is 0 Å². The summed E-state index contributed by atoms with van der Waals surface area (Å²) < 4.78 is 0. The van der Waals surface area contributed by atoms with Crippen LogP contribution in [0.25, 0.3) is 0 Å². The van der Waals surface area contributed by atoms with Crippen molar-refractivity contribution in [2.45, 2.75) is 26.5 Å². The molecular weight excluding hydrogens is 352 g/mol. The monoisotopic (exact) mass is 376 g/mol. The highest BCUT2D eigenvalue weighted by atomic mass is 16.3. The van der Waals surface area contributed by atoms with Gasteiger partial charge in [0.1, 0.15) is 11.6 Å². The first-order chi connectivity index (χ1) is 13.5. The number of carbonyl (C=O) groups excluding carboxylic acids is 1. The first-order valence-electron chi connectivity index (χ1n) is 9.17. The van der Waals surface area contributed by atoms with Gasteiger partial charge in [-0.2, -0.15) is 0 Å². The van der Waals surface area contributed by atoms with E-state index in [0.717, 1.165) is 22.5 Å². The van der Waals surface area contributed by atoms with Crippen molar-refractivity contribution in [1.82, 2.24) is 15.3 Å². The molecule has 0 aliphatic rings. The van der Waals surface area contributed by atoms with Gasteiger partial charge in [0, 0.05) is 24.8 Å². The summed E-state index contributed by atoms with van der Waals surface area (Å²) in [6.45, 7) is 4.48. The van der Waals surface area contributed by atoms with E-state index in [4.69, 9.17) is 0 Å². The number of carbonyl (C=O) groups is 1. The first-order valence-corrected chi connectivity index (χ1v) is 9.17. The van der Waals surface area contributed by atoms with Crippen LogP contribution in [0.15, 0.2) is 60.8 Å². The van der Waals surface area contributed by atoms with E-state index in [1.54, 1.807) is 18.3 Å². The second-order valence-corrected chi connectivity index (χ2v) is 6.63. The summed E-state index contributed by atoms with van der Waals surface area (Å²) in [4.78, 5) is 20.8. The Morgan fingerprint density at radius 3 is 2.71 bits per heavy atom. The fourth-order valence-corrected chi connectivity index (χ4v) is 2.93. The number of nitrogens with one attached hydrogen (secondary N) is 2. The normalized spacial score (nSPS) is 11.7. The average molecular weight is 376 g/mol. The highest BCUT2D eigenvalue weighted by Crippen LogP contribution is 2.16. The third kappa shape index (κ3) is 5.14. The molecule has 1 amide bonds. The number of hydrogen-bond donors (Lipinski definition) is 3. The van der Waals surface area contributed by atoms with Crippen molar-refractivity contribution >= 4 is 11.7 Å². The maximum atomic E-state index is 12.5. The van der Waals surface area contributed by atoms with Crippen molar-refractivity contribution in [3.05, 3.63) is 88.9 Å². The van der Waals surface area contributed by atoms with Gasteiger partial charge in [-0.1, -0.05) is 36.4 Å². The SMILES string of the molecule is Cc1nccc(NCc2cccc(C(=O)NCC(O)c3ccccc3C)c2)n1. The summed E-state index contributed by atoms with van der Waals surface area (Å²) in [6.07, 6.45) is 0.963. The smallest absolute Gasteiger partial charge is 0.251 e. The van der Waals surface area contributed by atoms with Crippen LogP contribution in [-0.2, 0) is 6.54 Å². The van der Waals surface area contributed by atoms with E-state index in [-0.39, 0.29) is 12.5 Å². The number of amides is 1. The molecule has 1 aromatic heterocycles. The second kappa shape index (κ2) is 9.10. The molecule has 0 radical (unpaired) electrons. The summed E-state index contributed by atoms with van der Waals surface area (Å²) in [7, 11) is 0. The van der Waals surface area contributed by atoms with Crippen molar-refractivity contribution < 1.29 is 9.90 Å². The molecule has 6 heteroatoms. The van der Waals surface area contributed by atoms with Crippen molar-refractivity contribution in [2.75, 3.05) is 11.9 Å². The topological polar surface area (TPSA) is 87.1 Å². The molecule has 0 spiro atoms. The van der Waals surface area contributed by atoms with E-state index in [1.165, 1.54) is 0 Å². The van der Waals surface area contributed by atoms with Crippen molar-refractivity contribution in [2.24, 2.45) is 0 Å². The van der Waals surface area contributed by atoms with Crippen LogP contribution in [0.1, 0.15) is 39.0 Å². The lowest BCUT2D eigenvalue weighted by atomic mass is 10.0. The van der Waals surface area contributed by atoms with Crippen LogP contribution < -0.4 is 10.6 Å². The minimum Gasteiger partial charge on any atom is -0.387 e. The molecule has 28 heavy (non-hydrogen) atoms. The van der Waals surface area contributed by atoms with Gasteiger partial charge in [-0.05, 0) is 48.7 Å². The van der Waals surface area contributed by atoms with Gasteiger partial charge < -0.3 is 15.7 Å². The maximum Gasteiger partial charge on any atom is 0.251 e. The van der Waals surface area contributed by atoms with Gasteiger partial charge in [-0.15, -0.1) is 0 Å². The molecule has 0 aliphatic heterocycles. The Bertz CT molecular complexity index is 959. The van der Waals surface area contributed by atoms with Crippen LogP contribution in [-0.4, -0.2) is 27.5 Å². The molecule has 0 aliphatic carbocycles. The lowest BCUT2D eigenvalue weighted by Gasteiger charge is -2.15. The van der Waals surface area contributed by atoms with E-state index < -0.39 is 6.10 Å². The van der Waals surface area contributed by atoms with Gasteiger partial charge in [-0.25, -0.2) is 9.97 Å². The lowest BCUT2D eigenvalue weighted by Crippen LogP contribution is -2.28. The molecule has 3 rings (SSSR count). The average Bonchev–Trinajstić information content (AvgIpc) is 2.71. The molecule has 1 unspecified atom stereocenters. The Labute approximate surface area is 164 Å². The van der Waals surface area contributed by atoms with Gasteiger partial charge >= 0.3 is 0 Å². The highest BCUT2D eigenvalue weighted by molar-refractivity contribution is 5.94. The van der Waals surface area contributed by atoms with Gasteiger partial charge in [0.25, 0.3) is 5.91 Å².